The van der Waals surface area contributed by atoms with Crippen LogP contribution in [0, 0.1) is 17.3 Å². The highest BCUT2D eigenvalue weighted by Gasteiger charge is 2.50. The smallest absolute Gasteiger partial charge is 0.304 e. The molecule has 2 aromatic carbocycles. The number of aliphatic carboxylic acids is 1. The zero-order valence-electron chi connectivity index (χ0n) is 21.7. The average Bonchev–Trinajstić information content (AvgIpc) is 2.80. The standard InChI is InChI=1S/C28H35Cl2NO5S/c1-16(2)37(35,36)26(18-9-11-21(29)12-10-18)28(4,5)17(3)25-23(19-7-6-8-22(30)13-19)14-20(15-24(32)33)27(34)31-25/h6-13,16-17,20,23,25-26H,14-15H2,1-5H3,(H,31,34)(H,32,33)/t17-,20-,23-,25+,26-/m1/s1. The molecule has 5 atom stereocenters. The molecule has 3 rings (SSSR count). The van der Waals surface area contributed by atoms with Crippen LogP contribution in [0.2, 0.25) is 10.0 Å². The molecule has 6 nitrogen and oxygen atoms in total. The van der Waals surface area contributed by atoms with E-state index in [4.69, 9.17) is 23.2 Å². The second-order valence-electron chi connectivity index (χ2n) is 10.9. The van der Waals surface area contributed by atoms with Gasteiger partial charge in [0.1, 0.15) is 0 Å². The molecule has 37 heavy (non-hydrogen) atoms. The van der Waals surface area contributed by atoms with Gasteiger partial charge in [0.2, 0.25) is 5.91 Å². The molecule has 0 saturated carbocycles. The van der Waals surface area contributed by atoms with Gasteiger partial charge in [0.05, 0.1) is 16.9 Å². The maximum absolute atomic E-state index is 13.8. The molecule has 1 amide bonds. The van der Waals surface area contributed by atoms with Crippen LogP contribution in [0.25, 0.3) is 0 Å². The Morgan fingerprint density at radius 1 is 1.08 bits per heavy atom. The number of rotatable bonds is 9. The van der Waals surface area contributed by atoms with Gasteiger partial charge in [-0.25, -0.2) is 8.42 Å². The fourth-order valence-electron chi connectivity index (χ4n) is 5.54. The Labute approximate surface area is 229 Å². The molecule has 0 bridgehead atoms. The van der Waals surface area contributed by atoms with Crippen molar-refractivity contribution in [2.24, 2.45) is 17.3 Å². The Bertz CT molecular complexity index is 1240. The maximum Gasteiger partial charge on any atom is 0.304 e. The molecule has 1 saturated heterocycles. The van der Waals surface area contributed by atoms with Crippen LogP contribution in [0.3, 0.4) is 0 Å². The highest BCUT2D eigenvalue weighted by molar-refractivity contribution is 7.92. The Kier molecular flexibility index (Phi) is 9.03. The predicted octanol–water partition coefficient (Wildman–Crippen LogP) is 6.28. The van der Waals surface area contributed by atoms with Crippen LogP contribution >= 0.6 is 23.2 Å². The quantitative estimate of drug-likeness (QED) is 0.371. The van der Waals surface area contributed by atoms with Crippen molar-refractivity contribution in [3.05, 3.63) is 69.7 Å². The summed E-state index contributed by atoms with van der Waals surface area (Å²) >= 11 is 12.4. The largest absolute Gasteiger partial charge is 0.481 e. The Balaban J connectivity index is 2.11. The molecule has 1 aliphatic rings. The van der Waals surface area contributed by atoms with Crippen molar-refractivity contribution >= 4 is 44.9 Å². The third-order valence-corrected chi connectivity index (χ3v) is 11.2. The average molecular weight is 569 g/mol. The number of carbonyl (C=O) groups excluding carboxylic acids is 1. The molecule has 0 spiro atoms. The number of piperidine rings is 1. The molecule has 1 aliphatic heterocycles. The van der Waals surface area contributed by atoms with Gasteiger partial charge < -0.3 is 10.4 Å². The van der Waals surface area contributed by atoms with Crippen molar-refractivity contribution in [2.45, 2.75) is 69.9 Å². The molecule has 0 aromatic heterocycles. The SMILES string of the molecule is CC(C)S(=O)(=O)[C@H](c1ccc(Cl)cc1)C(C)(C)[C@H](C)[C@@H]1NC(=O)[C@@H](CC(=O)O)C[C@@H]1c1cccc(Cl)c1. The number of halogens is 2. The fraction of sp³-hybridized carbons (Fsp3) is 0.500. The maximum atomic E-state index is 13.8. The molecule has 1 heterocycles. The van der Waals surface area contributed by atoms with E-state index in [0.29, 0.717) is 22.0 Å². The van der Waals surface area contributed by atoms with Gasteiger partial charge >= 0.3 is 5.97 Å². The predicted molar refractivity (Wildman–Crippen MR) is 148 cm³/mol. The lowest BCUT2D eigenvalue weighted by molar-refractivity contribution is -0.143. The van der Waals surface area contributed by atoms with E-state index in [1.165, 1.54) is 0 Å². The number of sulfone groups is 1. The summed E-state index contributed by atoms with van der Waals surface area (Å²) in [4.78, 5) is 24.5. The number of nitrogens with one attached hydrogen (secondary N) is 1. The number of carboxylic acids is 1. The van der Waals surface area contributed by atoms with Crippen LogP contribution in [0.1, 0.15) is 69.8 Å². The number of hydrogen-bond donors (Lipinski definition) is 2. The molecule has 0 unspecified atom stereocenters. The number of amides is 1. The third-order valence-electron chi connectivity index (χ3n) is 7.90. The molecule has 9 heteroatoms. The van der Waals surface area contributed by atoms with Gasteiger partial charge in [0, 0.05) is 27.9 Å². The van der Waals surface area contributed by atoms with E-state index in [0.717, 1.165) is 5.56 Å². The van der Waals surface area contributed by atoms with Gasteiger partial charge in [-0.2, -0.15) is 0 Å². The highest BCUT2D eigenvalue weighted by atomic mass is 35.5. The second-order valence-corrected chi connectivity index (χ2v) is 14.4. The summed E-state index contributed by atoms with van der Waals surface area (Å²) in [6.07, 6.45) is 0.0502. The van der Waals surface area contributed by atoms with E-state index in [1.54, 1.807) is 44.2 Å². The van der Waals surface area contributed by atoms with Gasteiger partial charge in [-0.1, -0.05) is 68.2 Å². The Morgan fingerprint density at radius 3 is 2.24 bits per heavy atom. The van der Waals surface area contributed by atoms with Gasteiger partial charge in [-0.3, -0.25) is 9.59 Å². The van der Waals surface area contributed by atoms with E-state index >= 15 is 0 Å². The Morgan fingerprint density at radius 2 is 1.70 bits per heavy atom. The first kappa shape index (κ1) is 29.5. The van der Waals surface area contributed by atoms with E-state index in [1.807, 2.05) is 39.0 Å². The third kappa shape index (κ3) is 6.32. The van der Waals surface area contributed by atoms with Crippen LogP contribution in [-0.2, 0) is 19.4 Å². The first-order chi connectivity index (χ1) is 17.2. The summed E-state index contributed by atoms with van der Waals surface area (Å²) < 4.78 is 27.6. The zero-order valence-corrected chi connectivity index (χ0v) is 24.1. The lowest BCUT2D eigenvalue weighted by Crippen LogP contribution is -2.55. The normalized spacial score (nSPS) is 22.4. The number of benzene rings is 2. The molecule has 2 aromatic rings. The minimum atomic E-state index is -3.63. The molecular formula is C28H35Cl2NO5S. The first-order valence-corrected chi connectivity index (χ1v) is 14.8. The van der Waals surface area contributed by atoms with E-state index in [9.17, 15) is 23.1 Å². The molecule has 0 aliphatic carbocycles. The number of carboxylic acid groups (broad SMARTS) is 1. The molecule has 2 N–H and O–H groups in total. The van der Waals surface area contributed by atoms with Crippen molar-refractivity contribution < 1.29 is 23.1 Å². The van der Waals surface area contributed by atoms with Gasteiger partial charge in [-0.05, 0) is 67.0 Å². The van der Waals surface area contributed by atoms with Crippen molar-refractivity contribution in [2.75, 3.05) is 0 Å². The topological polar surface area (TPSA) is 101 Å². The van der Waals surface area contributed by atoms with E-state index in [-0.39, 0.29) is 24.2 Å². The Hall–Kier alpha value is -2.09. The summed E-state index contributed by atoms with van der Waals surface area (Å²) in [5.41, 5.74) is 0.691. The van der Waals surface area contributed by atoms with Crippen molar-refractivity contribution in [3.8, 4) is 0 Å². The molecule has 202 valence electrons. The molecule has 1 fully saturated rings. The van der Waals surface area contributed by atoms with E-state index < -0.39 is 43.7 Å². The van der Waals surface area contributed by atoms with Gasteiger partial charge in [0.25, 0.3) is 0 Å². The first-order valence-electron chi connectivity index (χ1n) is 12.4. The summed E-state index contributed by atoms with van der Waals surface area (Å²) in [6.45, 7) is 9.14. The fourth-order valence-corrected chi connectivity index (χ4v) is 8.00. The number of carbonyl (C=O) groups is 2. The molecule has 0 radical (unpaired) electrons. The van der Waals surface area contributed by atoms with Crippen molar-refractivity contribution in [3.63, 3.8) is 0 Å². The lowest BCUT2D eigenvalue weighted by Gasteiger charge is -2.48. The van der Waals surface area contributed by atoms with Gasteiger partial charge in [0.15, 0.2) is 9.84 Å². The molecular weight excluding hydrogens is 533 g/mol. The van der Waals surface area contributed by atoms with Crippen molar-refractivity contribution in [1.29, 1.82) is 0 Å². The lowest BCUT2D eigenvalue weighted by atomic mass is 9.65. The summed E-state index contributed by atoms with van der Waals surface area (Å²) in [5, 5.41) is 12.0. The van der Waals surface area contributed by atoms with Crippen LogP contribution in [0.15, 0.2) is 48.5 Å². The monoisotopic (exact) mass is 567 g/mol. The number of hydrogen-bond acceptors (Lipinski definition) is 4. The highest BCUT2D eigenvalue weighted by Crippen LogP contribution is 2.51. The van der Waals surface area contributed by atoms with Crippen LogP contribution in [0.5, 0.6) is 0 Å². The minimum absolute atomic E-state index is 0.248. The van der Waals surface area contributed by atoms with E-state index in [2.05, 4.69) is 5.32 Å². The zero-order chi connectivity index (χ0) is 27.7. The van der Waals surface area contributed by atoms with Crippen LogP contribution < -0.4 is 5.32 Å². The summed E-state index contributed by atoms with van der Waals surface area (Å²) in [5.74, 6) is -2.63. The van der Waals surface area contributed by atoms with Crippen molar-refractivity contribution in [1.82, 2.24) is 5.32 Å². The minimum Gasteiger partial charge on any atom is -0.481 e. The van der Waals surface area contributed by atoms with Gasteiger partial charge in [-0.15, -0.1) is 0 Å². The van der Waals surface area contributed by atoms with Crippen LogP contribution in [0.4, 0.5) is 0 Å². The second kappa shape index (κ2) is 11.3. The summed E-state index contributed by atoms with van der Waals surface area (Å²) in [7, 11) is -3.63. The summed E-state index contributed by atoms with van der Waals surface area (Å²) in [6, 6.07) is 13.8. The van der Waals surface area contributed by atoms with Crippen LogP contribution in [-0.4, -0.2) is 36.7 Å².